The van der Waals surface area contributed by atoms with Crippen LogP contribution in [0.5, 0.6) is 0 Å². The standard InChI is InChI=1S/C35H41N3O4/c1-35(2,3)27-17-19-28(20-18-27)38-31(25-13-15-26(16-14-25)33(41)36-22-21-32(39)40)23-42-34(38)37-30-12-8-7-11-29(30)24-9-5-4-6-10-24/h4-16,27-28,31H,17-23H2,1-3H3,(H,36,41)(H,39,40)/b37-34-. The third-order valence-corrected chi connectivity index (χ3v) is 8.63. The number of nitrogens with zero attached hydrogens (tertiary/aromatic N) is 2. The number of benzene rings is 3. The lowest BCUT2D eigenvalue weighted by Crippen LogP contribution is -2.42. The average molecular weight is 568 g/mol. The summed E-state index contributed by atoms with van der Waals surface area (Å²) < 4.78 is 6.37. The number of aliphatic imine (C=N–C) groups is 1. The van der Waals surface area contributed by atoms with Gasteiger partial charge in [-0.2, -0.15) is 4.99 Å². The van der Waals surface area contributed by atoms with Crippen molar-refractivity contribution in [3.63, 3.8) is 0 Å². The van der Waals surface area contributed by atoms with Crippen molar-refractivity contribution < 1.29 is 19.4 Å². The number of para-hydroxylation sites is 1. The van der Waals surface area contributed by atoms with Crippen molar-refractivity contribution in [3.05, 3.63) is 90.0 Å². The van der Waals surface area contributed by atoms with Gasteiger partial charge < -0.3 is 20.1 Å². The van der Waals surface area contributed by atoms with Crippen molar-refractivity contribution in [2.24, 2.45) is 16.3 Å². The van der Waals surface area contributed by atoms with Gasteiger partial charge in [0.1, 0.15) is 6.61 Å². The van der Waals surface area contributed by atoms with Gasteiger partial charge in [-0.3, -0.25) is 9.59 Å². The van der Waals surface area contributed by atoms with E-state index in [9.17, 15) is 9.59 Å². The van der Waals surface area contributed by atoms with Crippen molar-refractivity contribution in [2.75, 3.05) is 13.2 Å². The van der Waals surface area contributed by atoms with Crippen molar-refractivity contribution in [3.8, 4) is 11.1 Å². The van der Waals surface area contributed by atoms with Crippen molar-refractivity contribution >= 4 is 23.6 Å². The Kier molecular flexibility index (Phi) is 8.95. The van der Waals surface area contributed by atoms with E-state index in [1.807, 2.05) is 48.5 Å². The van der Waals surface area contributed by atoms with Gasteiger partial charge >= 0.3 is 5.97 Å². The number of carboxylic acids is 1. The maximum Gasteiger partial charge on any atom is 0.305 e. The summed E-state index contributed by atoms with van der Waals surface area (Å²) in [7, 11) is 0. The molecule has 0 aromatic heterocycles. The maximum atomic E-state index is 12.5. The zero-order valence-electron chi connectivity index (χ0n) is 24.8. The molecular weight excluding hydrogens is 526 g/mol. The van der Waals surface area contributed by atoms with Crippen LogP contribution in [0, 0.1) is 11.3 Å². The zero-order valence-corrected chi connectivity index (χ0v) is 24.8. The predicted molar refractivity (Wildman–Crippen MR) is 166 cm³/mol. The Bertz CT molecular complexity index is 1400. The van der Waals surface area contributed by atoms with Gasteiger partial charge in [-0.25, -0.2) is 0 Å². The van der Waals surface area contributed by atoms with E-state index in [4.69, 9.17) is 14.8 Å². The maximum absolute atomic E-state index is 12.5. The summed E-state index contributed by atoms with van der Waals surface area (Å²) in [5.74, 6) is -0.524. The summed E-state index contributed by atoms with van der Waals surface area (Å²) >= 11 is 0. The molecule has 3 aromatic carbocycles. The molecule has 5 rings (SSSR count). The fraction of sp³-hybridized carbons (Fsp3) is 0.400. The SMILES string of the molecule is CC(C)(C)C1CCC(N2/C(=N/c3ccccc3-c3ccccc3)OCC2c2ccc(C(=O)NCCC(=O)O)cc2)CC1. The average Bonchev–Trinajstić information content (AvgIpc) is 3.40. The lowest BCUT2D eigenvalue weighted by Gasteiger charge is -2.41. The number of hydrogen-bond acceptors (Lipinski definition) is 4. The first-order valence-corrected chi connectivity index (χ1v) is 14.9. The lowest BCUT2D eigenvalue weighted by atomic mass is 9.71. The molecule has 220 valence electrons. The number of amidine groups is 1. The highest BCUT2D eigenvalue weighted by Gasteiger charge is 2.41. The first-order chi connectivity index (χ1) is 20.2. The summed E-state index contributed by atoms with van der Waals surface area (Å²) in [6.07, 6.45) is 4.38. The molecule has 1 amide bonds. The van der Waals surface area contributed by atoms with Crippen LogP contribution in [0.2, 0.25) is 0 Å². The van der Waals surface area contributed by atoms with Crippen LogP contribution < -0.4 is 5.32 Å². The number of carbonyl (C=O) groups is 2. The van der Waals surface area contributed by atoms with E-state index in [0.717, 1.165) is 35.2 Å². The van der Waals surface area contributed by atoms with E-state index in [2.05, 4.69) is 49.2 Å². The zero-order chi connectivity index (χ0) is 29.7. The highest BCUT2D eigenvalue weighted by Crippen LogP contribution is 2.43. The molecule has 0 radical (unpaired) electrons. The van der Waals surface area contributed by atoms with Gasteiger partial charge in [0, 0.05) is 23.7 Å². The van der Waals surface area contributed by atoms with Crippen LogP contribution in [-0.4, -0.2) is 47.1 Å². The van der Waals surface area contributed by atoms with E-state index in [-0.39, 0.29) is 30.3 Å². The summed E-state index contributed by atoms with van der Waals surface area (Å²) in [4.78, 5) is 30.8. The van der Waals surface area contributed by atoms with Crippen molar-refractivity contribution in [1.29, 1.82) is 0 Å². The van der Waals surface area contributed by atoms with Gasteiger partial charge in [0.05, 0.1) is 18.2 Å². The molecule has 1 saturated carbocycles. The van der Waals surface area contributed by atoms with E-state index < -0.39 is 5.97 Å². The second-order valence-electron chi connectivity index (χ2n) is 12.4. The summed E-state index contributed by atoms with van der Waals surface area (Å²) in [6, 6.07) is 27.0. The number of rotatable bonds is 8. The van der Waals surface area contributed by atoms with E-state index in [1.54, 1.807) is 12.1 Å². The number of carboxylic acid groups (broad SMARTS) is 1. The molecule has 1 aliphatic heterocycles. The minimum Gasteiger partial charge on any atom is -0.481 e. The minimum atomic E-state index is -0.938. The van der Waals surface area contributed by atoms with Crippen LogP contribution in [0.25, 0.3) is 11.1 Å². The molecule has 2 N–H and O–H groups in total. The summed E-state index contributed by atoms with van der Waals surface area (Å²) in [5.41, 5.74) is 4.91. The Morgan fingerprint density at radius 1 is 0.929 bits per heavy atom. The van der Waals surface area contributed by atoms with Gasteiger partial charge in [-0.1, -0.05) is 81.4 Å². The van der Waals surface area contributed by atoms with Gasteiger partial charge in [0.2, 0.25) is 0 Å². The predicted octanol–water partition coefficient (Wildman–Crippen LogP) is 7.22. The number of ether oxygens (including phenoxy) is 1. The molecule has 1 atom stereocenters. The molecule has 1 aliphatic carbocycles. The van der Waals surface area contributed by atoms with Crippen LogP contribution in [0.15, 0.2) is 83.9 Å². The molecule has 1 unspecified atom stereocenters. The van der Waals surface area contributed by atoms with Gasteiger partial charge in [-0.05, 0) is 66.3 Å². The Balaban J connectivity index is 1.43. The third-order valence-electron chi connectivity index (χ3n) is 8.63. The normalized spacial score (nSPS) is 21.6. The van der Waals surface area contributed by atoms with Gasteiger partial charge in [0.15, 0.2) is 0 Å². The van der Waals surface area contributed by atoms with Crippen molar-refractivity contribution in [1.82, 2.24) is 10.2 Å². The molecule has 7 heteroatoms. The number of hydrogen-bond donors (Lipinski definition) is 2. The second kappa shape index (κ2) is 12.8. The van der Waals surface area contributed by atoms with Crippen LogP contribution in [0.1, 0.15) is 74.8 Å². The van der Waals surface area contributed by atoms with E-state index in [0.29, 0.717) is 30.2 Å². The first kappa shape index (κ1) is 29.4. The highest BCUT2D eigenvalue weighted by atomic mass is 16.5. The Morgan fingerprint density at radius 3 is 2.26 bits per heavy atom. The Morgan fingerprint density at radius 2 is 1.60 bits per heavy atom. The molecule has 42 heavy (non-hydrogen) atoms. The van der Waals surface area contributed by atoms with E-state index in [1.165, 1.54) is 12.8 Å². The van der Waals surface area contributed by atoms with Crippen LogP contribution in [-0.2, 0) is 9.53 Å². The van der Waals surface area contributed by atoms with Crippen LogP contribution in [0.3, 0.4) is 0 Å². The fourth-order valence-electron chi connectivity index (χ4n) is 6.20. The minimum absolute atomic E-state index is 0.0204. The largest absolute Gasteiger partial charge is 0.481 e. The molecule has 0 bridgehead atoms. The summed E-state index contributed by atoms with van der Waals surface area (Å²) in [5, 5.41) is 11.5. The Labute approximate surface area is 248 Å². The molecule has 1 heterocycles. The molecule has 2 aliphatic rings. The van der Waals surface area contributed by atoms with Gasteiger partial charge in [-0.15, -0.1) is 0 Å². The molecule has 7 nitrogen and oxygen atoms in total. The van der Waals surface area contributed by atoms with Gasteiger partial charge in [0.25, 0.3) is 11.9 Å². The first-order valence-electron chi connectivity index (χ1n) is 14.9. The molecular formula is C35H41N3O4. The van der Waals surface area contributed by atoms with Crippen LogP contribution >= 0.6 is 0 Å². The third kappa shape index (κ3) is 6.84. The smallest absolute Gasteiger partial charge is 0.305 e. The molecule has 2 fully saturated rings. The molecule has 0 spiro atoms. The molecule has 3 aromatic rings. The second-order valence-corrected chi connectivity index (χ2v) is 12.4. The number of carbonyl (C=O) groups excluding carboxylic acids is 1. The summed E-state index contributed by atoms with van der Waals surface area (Å²) in [6.45, 7) is 7.60. The topological polar surface area (TPSA) is 91.2 Å². The molecule has 1 saturated heterocycles. The van der Waals surface area contributed by atoms with Crippen LogP contribution in [0.4, 0.5) is 5.69 Å². The highest BCUT2D eigenvalue weighted by molar-refractivity contribution is 5.94. The lowest BCUT2D eigenvalue weighted by molar-refractivity contribution is -0.136. The number of aliphatic carboxylic acids is 1. The quantitative estimate of drug-likeness (QED) is 0.300. The number of amides is 1. The van der Waals surface area contributed by atoms with E-state index >= 15 is 0 Å². The Hall–Kier alpha value is -4.13. The number of nitrogens with one attached hydrogen (secondary N) is 1. The van der Waals surface area contributed by atoms with Crippen molar-refractivity contribution in [2.45, 2.75) is 65.0 Å². The monoisotopic (exact) mass is 567 g/mol. The fourth-order valence-corrected chi connectivity index (χ4v) is 6.20.